The number of anilines is 1. The van der Waals surface area contributed by atoms with Crippen molar-refractivity contribution in [2.45, 2.75) is 6.54 Å². The first-order valence-corrected chi connectivity index (χ1v) is 7.07. The van der Waals surface area contributed by atoms with Crippen LogP contribution in [0.3, 0.4) is 0 Å². The molecule has 0 atom stereocenters. The summed E-state index contributed by atoms with van der Waals surface area (Å²) in [5.74, 6) is 0.954. The van der Waals surface area contributed by atoms with Gasteiger partial charge in [0.15, 0.2) is 0 Å². The van der Waals surface area contributed by atoms with Crippen LogP contribution in [0.2, 0.25) is 0 Å². The minimum atomic E-state index is 0.606. The van der Waals surface area contributed by atoms with E-state index < -0.39 is 0 Å². The second kappa shape index (κ2) is 6.33. The van der Waals surface area contributed by atoms with Crippen LogP contribution in [-0.4, -0.2) is 41.0 Å². The topological polar surface area (TPSA) is 56.1 Å². The molecule has 1 aliphatic heterocycles. The van der Waals surface area contributed by atoms with Gasteiger partial charge in [0.2, 0.25) is 0 Å². The molecule has 0 amide bonds. The van der Waals surface area contributed by atoms with Crippen LogP contribution < -0.4 is 4.90 Å². The van der Waals surface area contributed by atoms with Gasteiger partial charge in [-0.25, -0.2) is 4.98 Å². The molecule has 1 fully saturated rings. The van der Waals surface area contributed by atoms with E-state index in [9.17, 15) is 0 Å². The van der Waals surface area contributed by atoms with Crippen molar-refractivity contribution in [1.29, 1.82) is 5.26 Å². The summed E-state index contributed by atoms with van der Waals surface area (Å²) in [4.78, 5) is 13.2. The van der Waals surface area contributed by atoms with Crippen LogP contribution in [-0.2, 0) is 6.54 Å². The molecular weight excluding hydrogens is 262 g/mol. The smallest absolute Gasteiger partial charge is 0.128 e. The van der Waals surface area contributed by atoms with Crippen molar-refractivity contribution in [3.8, 4) is 6.07 Å². The monoisotopic (exact) mass is 279 g/mol. The molecule has 2 aromatic heterocycles. The Hall–Kier alpha value is -2.45. The zero-order valence-electron chi connectivity index (χ0n) is 11.8. The van der Waals surface area contributed by atoms with Gasteiger partial charge >= 0.3 is 0 Å². The predicted octanol–water partition coefficient (Wildman–Crippen LogP) is 1.67. The van der Waals surface area contributed by atoms with Crippen molar-refractivity contribution >= 4 is 5.82 Å². The fourth-order valence-electron chi connectivity index (χ4n) is 2.52. The molecule has 1 aliphatic rings. The van der Waals surface area contributed by atoms with Crippen molar-refractivity contribution in [1.82, 2.24) is 14.9 Å². The van der Waals surface area contributed by atoms with Crippen LogP contribution in [0.1, 0.15) is 11.1 Å². The lowest BCUT2D eigenvalue weighted by Crippen LogP contribution is -2.46. The Bertz CT molecular complexity index is 609. The number of nitriles is 1. The maximum absolute atomic E-state index is 8.80. The van der Waals surface area contributed by atoms with E-state index in [2.05, 4.69) is 31.9 Å². The van der Waals surface area contributed by atoms with E-state index in [1.165, 1.54) is 5.56 Å². The maximum atomic E-state index is 8.80. The van der Waals surface area contributed by atoms with Gasteiger partial charge in [0.05, 0.1) is 5.56 Å². The molecule has 0 unspecified atom stereocenters. The molecule has 0 bridgehead atoms. The number of hydrogen-bond acceptors (Lipinski definition) is 5. The van der Waals surface area contributed by atoms with Gasteiger partial charge in [-0.05, 0) is 23.8 Å². The van der Waals surface area contributed by atoms with Gasteiger partial charge in [0, 0.05) is 51.3 Å². The Kier molecular flexibility index (Phi) is 4.08. The molecular formula is C16H17N5. The number of rotatable bonds is 3. The van der Waals surface area contributed by atoms with Gasteiger partial charge in [-0.2, -0.15) is 5.26 Å². The molecule has 0 saturated carbocycles. The zero-order valence-corrected chi connectivity index (χ0v) is 11.8. The third-order valence-electron chi connectivity index (χ3n) is 3.70. The summed E-state index contributed by atoms with van der Waals surface area (Å²) in [5.41, 5.74) is 1.86. The molecule has 0 spiro atoms. The van der Waals surface area contributed by atoms with Crippen molar-refractivity contribution in [3.63, 3.8) is 0 Å². The summed E-state index contributed by atoms with van der Waals surface area (Å²) in [6.07, 6.45) is 5.36. The van der Waals surface area contributed by atoms with E-state index >= 15 is 0 Å². The normalized spacial score (nSPS) is 15.7. The molecule has 0 aromatic carbocycles. The molecule has 0 aliphatic carbocycles. The molecule has 0 N–H and O–H groups in total. The molecule has 0 radical (unpaired) electrons. The SMILES string of the molecule is N#Cc1ccc(N2CCN(Cc3cccnc3)CC2)nc1. The third kappa shape index (κ3) is 3.36. The lowest BCUT2D eigenvalue weighted by molar-refractivity contribution is 0.249. The lowest BCUT2D eigenvalue weighted by atomic mass is 10.2. The second-order valence-electron chi connectivity index (χ2n) is 5.14. The van der Waals surface area contributed by atoms with Crippen LogP contribution in [0.4, 0.5) is 5.82 Å². The van der Waals surface area contributed by atoms with Gasteiger partial charge in [0.1, 0.15) is 11.9 Å². The van der Waals surface area contributed by atoms with Crippen molar-refractivity contribution in [2.24, 2.45) is 0 Å². The predicted molar refractivity (Wildman–Crippen MR) is 80.7 cm³/mol. The standard InChI is InChI=1S/C16H17N5/c17-10-14-3-4-16(19-12-14)21-8-6-20(7-9-21)13-15-2-1-5-18-11-15/h1-5,11-12H,6-9,13H2. The largest absolute Gasteiger partial charge is 0.354 e. The molecule has 5 heteroatoms. The van der Waals surface area contributed by atoms with Crippen LogP contribution in [0.5, 0.6) is 0 Å². The van der Waals surface area contributed by atoms with Gasteiger partial charge in [-0.15, -0.1) is 0 Å². The first kappa shape index (κ1) is 13.5. The number of aromatic nitrogens is 2. The number of piperazine rings is 1. The third-order valence-corrected chi connectivity index (χ3v) is 3.70. The summed E-state index contributed by atoms with van der Waals surface area (Å²) < 4.78 is 0. The molecule has 2 aromatic rings. The Morgan fingerprint density at radius 3 is 2.57 bits per heavy atom. The van der Waals surface area contributed by atoms with E-state index in [1.807, 2.05) is 24.4 Å². The van der Waals surface area contributed by atoms with E-state index in [0.717, 1.165) is 38.5 Å². The van der Waals surface area contributed by atoms with Crippen molar-refractivity contribution in [3.05, 3.63) is 54.0 Å². The number of pyridine rings is 2. The van der Waals surface area contributed by atoms with Crippen molar-refractivity contribution in [2.75, 3.05) is 31.1 Å². The Labute approximate surface area is 124 Å². The second-order valence-corrected chi connectivity index (χ2v) is 5.14. The highest BCUT2D eigenvalue weighted by molar-refractivity contribution is 5.42. The molecule has 1 saturated heterocycles. The summed E-state index contributed by atoms with van der Waals surface area (Å²) >= 11 is 0. The van der Waals surface area contributed by atoms with E-state index in [1.54, 1.807) is 12.4 Å². The Balaban J connectivity index is 1.56. The highest BCUT2D eigenvalue weighted by Crippen LogP contribution is 2.15. The van der Waals surface area contributed by atoms with Gasteiger partial charge in [0.25, 0.3) is 0 Å². The summed E-state index contributed by atoms with van der Waals surface area (Å²) in [7, 11) is 0. The lowest BCUT2D eigenvalue weighted by Gasteiger charge is -2.35. The van der Waals surface area contributed by atoms with Gasteiger partial charge in [-0.3, -0.25) is 9.88 Å². The fraction of sp³-hybridized carbons (Fsp3) is 0.312. The molecule has 3 heterocycles. The average Bonchev–Trinajstić information content (AvgIpc) is 2.57. The minimum Gasteiger partial charge on any atom is -0.354 e. The molecule has 106 valence electrons. The molecule has 21 heavy (non-hydrogen) atoms. The maximum Gasteiger partial charge on any atom is 0.128 e. The zero-order chi connectivity index (χ0) is 14.5. The minimum absolute atomic E-state index is 0.606. The van der Waals surface area contributed by atoms with E-state index in [-0.39, 0.29) is 0 Å². The van der Waals surface area contributed by atoms with E-state index in [4.69, 9.17) is 5.26 Å². The van der Waals surface area contributed by atoms with Gasteiger partial charge < -0.3 is 4.90 Å². The van der Waals surface area contributed by atoms with Crippen LogP contribution >= 0.6 is 0 Å². The first-order valence-electron chi connectivity index (χ1n) is 7.07. The summed E-state index contributed by atoms with van der Waals surface area (Å²) in [6.45, 7) is 4.88. The molecule has 5 nitrogen and oxygen atoms in total. The highest BCUT2D eigenvalue weighted by atomic mass is 15.3. The first-order chi connectivity index (χ1) is 10.3. The van der Waals surface area contributed by atoms with E-state index in [0.29, 0.717) is 5.56 Å². The Morgan fingerprint density at radius 2 is 1.95 bits per heavy atom. The number of nitrogens with zero attached hydrogens (tertiary/aromatic N) is 5. The van der Waals surface area contributed by atoms with Crippen LogP contribution in [0.15, 0.2) is 42.9 Å². The number of hydrogen-bond donors (Lipinski definition) is 0. The highest BCUT2D eigenvalue weighted by Gasteiger charge is 2.18. The fourth-order valence-corrected chi connectivity index (χ4v) is 2.52. The molecule has 3 rings (SSSR count). The average molecular weight is 279 g/mol. The van der Waals surface area contributed by atoms with Crippen molar-refractivity contribution < 1.29 is 0 Å². The van der Waals surface area contributed by atoms with Gasteiger partial charge in [-0.1, -0.05) is 6.07 Å². The van der Waals surface area contributed by atoms with Crippen LogP contribution in [0.25, 0.3) is 0 Å². The summed E-state index contributed by atoms with van der Waals surface area (Å²) in [6, 6.07) is 9.94. The quantitative estimate of drug-likeness (QED) is 0.855. The Morgan fingerprint density at radius 1 is 1.10 bits per heavy atom. The van der Waals surface area contributed by atoms with Crippen LogP contribution in [0, 0.1) is 11.3 Å². The summed E-state index contributed by atoms with van der Waals surface area (Å²) in [5, 5.41) is 8.80.